The van der Waals surface area contributed by atoms with Gasteiger partial charge in [-0.15, -0.1) is 0 Å². The Kier molecular flexibility index (Phi) is 4.86. The molecule has 2 aromatic rings. The Morgan fingerprint density at radius 2 is 2.15 bits per heavy atom. The monoisotopic (exact) mass is 274 g/mol. The summed E-state index contributed by atoms with van der Waals surface area (Å²) in [5.74, 6) is -0.201. The normalized spacial score (nSPS) is 12.1. The highest BCUT2D eigenvalue weighted by atomic mass is 16.5. The van der Waals surface area contributed by atoms with E-state index in [1.54, 1.807) is 6.20 Å². The number of benzene rings is 1. The molecule has 6 heteroatoms. The first-order chi connectivity index (χ1) is 9.74. The number of aromatic nitrogens is 2. The van der Waals surface area contributed by atoms with E-state index in [0.717, 1.165) is 16.8 Å². The smallest absolute Gasteiger partial charge is 0.250 e. The van der Waals surface area contributed by atoms with Gasteiger partial charge in [-0.3, -0.25) is 9.89 Å². The summed E-state index contributed by atoms with van der Waals surface area (Å²) in [6, 6.07) is 9.78. The maximum atomic E-state index is 11.7. The number of hydrogen-bond donors (Lipinski definition) is 3. The van der Waals surface area contributed by atoms with E-state index in [1.165, 1.54) is 7.11 Å². The molecule has 0 aliphatic carbocycles. The third-order valence-electron chi connectivity index (χ3n) is 3.02. The van der Waals surface area contributed by atoms with Crippen LogP contribution >= 0.6 is 0 Å². The van der Waals surface area contributed by atoms with Crippen LogP contribution in [0.2, 0.25) is 0 Å². The van der Waals surface area contributed by atoms with E-state index < -0.39 is 6.10 Å². The second kappa shape index (κ2) is 6.83. The van der Waals surface area contributed by atoms with E-state index in [4.69, 9.17) is 10.5 Å². The second-order valence-corrected chi connectivity index (χ2v) is 4.35. The third-order valence-corrected chi connectivity index (χ3v) is 3.02. The topological polar surface area (TPSA) is 93.0 Å². The number of ether oxygens (including phenoxy) is 1. The number of H-pyrrole nitrogens is 1. The van der Waals surface area contributed by atoms with E-state index >= 15 is 0 Å². The van der Waals surface area contributed by atoms with Gasteiger partial charge in [0.25, 0.3) is 5.91 Å². The first-order valence-corrected chi connectivity index (χ1v) is 6.34. The summed E-state index contributed by atoms with van der Waals surface area (Å²) in [4.78, 5) is 11.7. The fraction of sp³-hybridized carbons (Fsp3) is 0.286. The minimum atomic E-state index is -0.598. The van der Waals surface area contributed by atoms with Gasteiger partial charge in [0.1, 0.15) is 6.10 Å². The molecule has 4 N–H and O–H groups in total. The van der Waals surface area contributed by atoms with Gasteiger partial charge >= 0.3 is 0 Å². The molecule has 0 saturated carbocycles. The lowest BCUT2D eigenvalue weighted by atomic mass is 10.1. The molecule has 1 aromatic carbocycles. The molecule has 6 nitrogen and oxygen atoms in total. The molecule has 0 saturated heterocycles. The van der Waals surface area contributed by atoms with Crippen LogP contribution in [0.4, 0.5) is 0 Å². The summed E-state index contributed by atoms with van der Waals surface area (Å²) in [7, 11) is 1.47. The average Bonchev–Trinajstić information content (AvgIpc) is 3.01. The number of carbonyl (C=O) groups excluding carboxylic acids is 1. The molecule has 0 fully saturated rings. The van der Waals surface area contributed by atoms with Crippen molar-refractivity contribution in [3.8, 4) is 11.3 Å². The Morgan fingerprint density at radius 3 is 2.70 bits per heavy atom. The third kappa shape index (κ3) is 3.43. The van der Waals surface area contributed by atoms with Crippen molar-refractivity contribution in [2.45, 2.75) is 12.6 Å². The van der Waals surface area contributed by atoms with Crippen LogP contribution in [-0.4, -0.2) is 35.9 Å². The van der Waals surface area contributed by atoms with Crippen molar-refractivity contribution >= 4 is 5.91 Å². The Hall–Kier alpha value is -2.18. The number of methoxy groups -OCH3 is 1. The first kappa shape index (κ1) is 14.2. The summed E-state index contributed by atoms with van der Waals surface area (Å²) < 4.78 is 4.97. The standard InChI is InChI=1S/C14H18N4O2/c1-20-13(8-15)14(19)16-9-10-2-4-11(5-3-10)12-6-7-17-18-12/h2-7,13H,8-9,15H2,1H3,(H,16,19)(H,17,18). The van der Waals surface area contributed by atoms with Gasteiger partial charge in [0.15, 0.2) is 0 Å². The highest BCUT2D eigenvalue weighted by Gasteiger charge is 2.14. The van der Waals surface area contributed by atoms with Gasteiger partial charge in [-0.25, -0.2) is 0 Å². The number of carbonyl (C=O) groups is 1. The zero-order valence-electron chi connectivity index (χ0n) is 11.3. The molecular weight excluding hydrogens is 256 g/mol. The maximum Gasteiger partial charge on any atom is 0.250 e. The fourth-order valence-corrected chi connectivity index (χ4v) is 1.83. The van der Waals surface area contributed by atoms with Crippen LogP contribution in [0.25, 0.3) is 11.3 Å². The molecule has 0 aliphatic rings. The molecule has 2 rings (SSSR count). The molecule has 0 aliphatic heterocycles. The molecular formula is C14H18N4O2. The van der Waals surface area contributed by atoms with Gasteiger partial charge in [0, 0.05) is 26.4 Å². The highest BCUT2D eigenvalue weighted by molar-refractivity contribution is 5.81. The second-order valence-electron chi connectivity index (χ2n) is 4.35. The number of amides is 1. The molecule has 0 bridgehead atoms. The summed E-state index contributed by atoms with van der Waals surface area (Å²) in [6.07, 6.45) is 1.11. The molecule has 1 heterocycles. The van der Waals surface area contributed by atoms with Crippen molar-refractivity contribution < 1.29 is 9.53 Å². The highest BCUT2D eigenvalue weighted by Crippen LogP contribution is 2.16. The largest absolute Gasteiger partial charge is 0.370 e. The van der Waals surface area contributed by atoms with Crippen LogP contribution in [0.5, 0.6) is 0 Å². The molecule has 0 spiro atoms. The number of nitrogens with one attached hydrogen (secondary N) is 2. The summed E-state index contributed by atoms with van der Waals surface area (Å²) in [5.41, 5.74) is 8.45. The van der Waals surface area contributed by atoms with Crippen LogP contribution in [-0.2, 0) is 16.1 Å². The number of rotatable bonds is 6. The van der Waals surface area contributed by atoms with Gasteiger partial charge in [-0.1, -0.05) is 24.3 Å². The number of aromatic amines is 1. The minimum absolute atomic E-state index is 0.168. The first-order valence-electron chi connectivity index (χ1n) is 6.34. The molecule has 1 atom stereocenters. The summed E-state index contributed by atoms with van der Waals surface area (Å²) >= 11 is 0. The fourth-order valence-electron chi connectivity index (χ4n) is 1.83. The van der Waals surface area contributed by atoms with Crippen LogP contribution in [0, 0.1) is 0 Å². The molecule has 1 unspecified atom stereocenters. The molecule has 1 amide bonds. The van der Waals surface area contributed by atoms with Gasteiger partial charge < -0.3 is 15.8 Å². The SMILES string of the molecule is COC(CN)C(=O)NCc1ccc(-c2ccn[nH]2)cc1. The van der Waals surface area contributed by atoms with Crippen LogP contribution in [0.15, 0.2) is 36.5 Å². The van der Waals surface area contributed by atoms with E-state index in [-0.39, 0.29) is 12.5 Å². The maximum absolute atomic E-state index is 11.7. The van der Waals surface area contributed by atoms with Gasteiger partial charge in [0.2, 0.25) is 0 Å². The zero-order valence-corrected chi connectivity index (χ0v) is 11.3. The lowest BCUT2D eigenvalue weighted by molar-refractivity contribution is -0.130. The summed E-state index contributed by atoms with van der Waals surface area (Å²) in [6.45, 7) is 0.614. The Labute approximate surface area is 117 Å². The van der Waals surface area contributed by atoms with Crippen LogP contribution < -0.4 is 11.1 Å². The Balaban J connectivity index is 1.93. The van der Waals surface area contributed by atoms with Gasteiger partial charge in [-0.05, 0) is 17.2 Å². The van der Waals surface area contributed by atoms with E-state index in [9.17, 15) is 4.79 Å². The van der Waals surface area contributed by atoms with Crippen molar-refractivity contribution in [3.05, 3.63) is 42.1 Å². The molecule has 20 heavy (non-hydrogen) atoms. The van der Waals surface area contributed by atoms with Crippen molar-refractivity contribution in [2.24, 2.45) is 5.73 Å². The van der Waals surface area contributed by atoms with Crippen molar-refractivity contribution in [3.63, 3.8) is 0 Å². The Bertz CT molecular complexity index is 533. The number of hydrogen-bond acceptors (Lipinski definition) is 4. The number of nitrogens with zero attached hydrogens (tertiary/aromatic N) is 1. The van der Waals surface area contributed by atoms with E-state index in [0.29, 0.717) is 6.54 Å². The zero-order chi connectivity index (χ0) is 14.4. The molecule has 0 radical (unpaired) electrons. The van der Waals surface area contributed by atoms with E-state index in [2.05, 4.69) is 15.5 Å². The predicted octanol–water partition coefficient (Wildman–Crippen LogP) is 0.667. The van der Waals surface area contributed by atoms with Crippen molar-refractivity contribution in [1.29, 1.82) is 0 Å². The minimum Gasteiger partial charge on any atom is -0.370 e. The number of nitrogens with two attached hydrogens (primary N) is 1. The quantitative estimate of drug-likeness (QED) is 0.721. The van der Waals surface area contributed by atoms with Gasteiger partial charge in [0.05, 0.1) is 5.69 Å². The van der Waals surface area contributed by atoms with Crippen LogP contribution in [0.1, 0.15) is 5.56 Å². The van der Waals surface area contributed by atoms with E-state index in [1.807, 2.05) is 30.3 Å². The Morgan fingerprint density at radius 1 is 1.40 bits per heavy atom. The molecule has 106 valence electrons. The predicted molar refractivity (Wildman–Crippen MR) is 75.7 cm³/mol. The van der Waals surface area contributed by atoms with Crippen molar-refractivity contribution in [2.75, 3.05) is 13.7 Å². The summed E-state index contributed by atoms with van der Waals surface area (Å²) in [5, 5.41) is 9.61. The average molecular weight is 274 g/mol. The van der Waals surface area contributed by atoms with Crippen molar-refractivity contribution in [1.82, 2.24) is 15.5 Å². The van der Waals surface area contributed by atoms with Crippen LogP contribution in [0.3, 0.4) is 0 Å². The van der Waals surface area contributed by atoms with Gasteiger partial charge in [-0.2, -0.15) is 5.10 Å². The lowest BCUT2D eigenvalue weighted by Crippen LogP contribution is -2.40. The molecule has 1 aromatic heterocycles. The lowest BCUT2D eigenvalue weighted by Gasteiger charge is -2.13.